The first-order valence-electron chi connectivity index (χ1n) is 7.96. The highest BCUT2D eigenvalue weighted by molar-refractivity contribution is 5.94. The van der Waals surface area contributed by atoms with Crippen molar-refractivity contribution in [3.05, 3.63) is 52.3 Å². The van der Waals surface area contributed by atoms with Gasteiger partial charge >= 0.3 is 0 Å². The monoisotopic (exact) mass is 332 g/mol. The lowest BCUT2D eigenvalue weighted by Crippen LogP contribution is -2.30. The molecule has 0 fully saturated rings. The van der Waals surface area contributed by atoms with E-state index in [1.807, 2.05) is 0 Å². The summed E-state index contributed by atoms with van der Waals surface area (Å²) in [5.41, 5.74) is 5.47. The summed E-state index contributed by atoms with van der Waals surface area (Å²) in [6.45, 7) is 2.35. The molecule has 1 aromatic heterocycles. The first kappa shape index (κ1) is 16.0. The molecule has 2 aliphatic rings. The van der Waals surface area contributed by atoms with Crippen molar-refractivity contribution in [1.82, 2.24) is 20.8 Å². The predicted octanol–water partition coefficient (Wildman–Crippen LogP) is 1.94. The number of amides is 1. The Labute approximate surface area is 141 Å². The maximum absolute atomic E-state index is 12.4. The third-order valence-electron chi connectivity index (χ3n) is 4.79. The van der Waals surface area contributed by atoms with Crippen LogP contribution in [-0.2, 0) is 19.4 Å². The number of benzene rings is 1. The van der Waals surface area contributed by atoms with Crippen LogP contribution >= 0.6 is 12.4 Å². The van der Waals surface area contributed by atoms with E-state index in [4.69, 9.17) is 0 Å². The minimum atomic E-state index is -0.0643. The Kier molecular flexibility index (Phi) is 4.68. The highest BCUT2D eigenvalue weighted by Gasteiger charge is 2.25. The van der Waals surface area contributed by atoms with E-state index in [2.05, 4.69) is 45.1 Å². The van der Waals surface area contributed by atoms with Crippen molar-refractivity contribution in [2.24, 2.45) is 0 Å². The fourth-order valence-electron chi connectivity index (χ4n) is 3.57. The number of halogens is 1. The summed E-state index contributed by atoms with van der Waals surface area (Å²) < 4.78 is 0. The van der Waals surface area contributed by atoms with E-state index >= 15 is 0 Å². The zero-order chi connectivity index (χ0) is 14.9. The summed E-state index contributed by atoms with van der Waals surface area (Å²) in [4.78, 5) is 12.4. The van der Waals surface area contributed by atoms with Crippen LogP contribution in [0.25, 0.3) is 0 Å². The molecule has 1 aromatic carbocycles. The van der Waals surface area contributed by atoms with Crippen LogP contribution in [0.5, 0.6) is 0 Å². The van der Waals surface area contributed by atoms with Gasteiger partial charge < -0.3 is 10.6 Å². The molecular formula is C17H21ClN4O. The van der Waals surface area contributed by atoms with Gasteiger partial charge in [-0.15, -0.1) is 12.4 Å². The molecule has 0 spiro atoms. The van der Waals surface area contributed by atoms with Gasteiger partial charge in [0.1, 0.15) is 0 Å². The van der Waals surface area contributed by atoms with E-state index in [9.17, 15) is 4.79 Å². The largest absolute Gasteiger partial charge is 0.350 e. The Balaban J connectivity index is 0.00000156. The summed E-state index contributed by atoms with van der Waals surface area (Å²) in [7, 11) is 0. The number of hydrogen-bond donors (Lipinski definition) is 3. The lowest BCUT2D eigenvalue weighted by atomic mass is 10.0. The number of carbonyl (C=O) groups excluding carboxylic acids is 1. The van der Waals surface area contributed by atoms with E-state index in [1.165, 1.54) is 11.1 Å². The summed E-state index contributed by atoms with van der Waals surface area (Å²) in [6, 6.07) is 8.53. The van der Waals surface area contributed by atoms with Crippen molar-refractivity contribution < 1.29 is 4.79 Å². The number of nitrogens with zero attached hydrogens (tertiary/aromatic N) is 1. The second kappa shape index (κ2) is 6.72. The Hall–Kier alpha value is -1.85. The second-order valence-electron chi connectivity index (χ2n) is 6.10. The van der Waals surface area contributed by atoms with E-state index in [0.717, 1.165) is 43.6 Å². The summed E-state index contributed by atoms with van der Waals surface area (Å²) in [5, 5.41) is 13.6. The highest BCUT2D eigenvalue weighted by atomic mass is 35.5. The summed E-state index contributed by atoms with van der Waals surface area (Å²) >= 11 is 0. The third kappa shape index (κ3) is 2.99. The molecule has 5 nitrogen and oxygen atoms in total. The van der Waals surface area contributed by atoms with E-state index in [0.29, 0.717) is 18.2 Å². The Bertz CT molecular complexity index is 712. The summed E-state index contributed by atoms with van der Waals surface area (Å²) in [5.74, 6) is 0.360. The lowest BCUT2D eigenvalue weighted by Gasteiger charge is -2.14. The number of rotatable bonds is 3. The van der Waals surface area contributed by atoms with Crippen molar-refractivity contribution in [3.8, 4) is 0 Å². The van der Waals surface area contributed by atoms with Gasteiger partial charge in [0.2, 0.25) is 0 Å². The van der Waals surface area contributed by atoms with Crippen molar-refractivity contribution in [3.63, 3.8) is 0 Å². The van der Waals surface area contributed by atoms with Gasteiger partial charge in [-0.3, -0.25) is 9.89 Å². The Morgan fingerprint density at radius 2 is 2.17 bits per heavy atom. The Morgan fingerprint density at radius 3 is 3.09 bits per heavy atom. The predicted molar refractivity (Wildman–Crippen MR) is 91.1 cm³/mol. The molecule has 1 unspecified atom stereocenters. The van der Waals surface area contributed by atoms with Gasteiger partial charge in [-0.1, -0.05) is 24.3 Å². The molecule has 2 aromatic rings. The van der Waals surface area contributed by atoms with Crippen molar-refractivity contribution in [1.29, 1.82) is 0 Å². The highest BCUT2D eigenvalue weighted by Crippen LogP contribution is 2.32. The molecule has 0 radical (unpaired) electrons. The average molecular weight is 333 g/mol. The van der Waals surface area contributed by atoms with Gasteiger partial charge in [-0.2, -0.15) is 5.10 Å². The van der Waals surface area contributed by atoms with Crippen LogP contribution < -0.4 is 10.6 Å². The smallest absolute Gasteiger partial charge is 0.272 e. The molecular weight excluding hydrogens is 312 g/mol. The SMILES string of the molecule is Cl.O=C(NCC1CCc2ccccc21)c1n[nH]c2c1CNCC2. The number of H-pyrrole nitrogens is 1. The zero-order valence-corrected chi connectivity index (χ0v) is 13.7. The molecule has 3 N–H and O–H groups in total. The molecule has 0 saturated carbocycles. The third-order valence-corrected chi connectivity index (χ3v) is 4.79. The number of carbonyl (C=O) groups is 1. The van der Waals surface area contributed by atoms with Gasteiger partial charge in [-0.05, 0) is 24.0 Å². The van der Waals surface area contributed by atoms with Crippen molar-refractivity contribution in [2.45, 2.75) is 31.7 Å². The maximum atomic E-state index is 12.4. The van der Waals surface area contributed by atoms with Gasteiger partial charge in [0, 0.05) is 43.2 Å². The van der Waals surface area contributed by atoms with Crippen LogP contribution in [0.2, 0.25) is 0 Å². The second-order valence-corrected chi connectivity index (χ2v) is 6.10. The fraction of sp³-hybridized carbons (Fsp3) is 0.412. The summed E-state index contributed by atoms with van der Waals surface area (Å²) in [6.07, 6.45) is 3.13. The molecule has 1 amide bonds. The van der Waals surface area contributed by atoms with Crippen LogP contribution in [0.15, 0.2) is 24.3 Å². The Morgan fingerprint density at radius 1 is 1.30 bits per heavy atom. The average Bonchev–Trinajstić information content (AvgIpc) is 3.17. The van der Waals surface area contributed by atoms with E-state index in [1.54, 1.807) is 0 Å². The quantitative estimate of drug-likeness (QED) is 0.804. The van der Waals surface area contributed by atoms with Crippen molar-refractivity contribution in [2.75, 3.05) is 13.1 Å². The van der Waals surface area contributed by atoms with Gasteiger partial charge in [0.25, 0.3) is 5.91 Å². The lowest BCUT2D eigenvalue weighted by molar-refractivity contribution is 0.0945. The van der Waals surface area contributed by atoms with E-state index < -0.39 is 0 Å². The molecule has 0 bridgehead atoms. The van der Waals surface area contributed by atoms with Crippen LogP contribution in [-0.4, -0.2) is 29.2 Å². The zero-order valence-electron chi connectivity index (χ0n) is 12.9. The van der Waals surface area contributed by atoms with E-state index in [-0.39, 0.29) is 18.3 Å². The number of aryl methyl sites for hydroxylation is 1. The first-order valence-corrected chi connectivity index (χ1v) is 7.96. The van der Waals surface area contributed by atoms with Gasteiger partial charge in [-0.25, -0.2) is 0 Å². The maximum Gasteiger partial charge on any atom is 0.272 e. The molecule has 2 heterocycles. The standard InChI is InChI=1S/C17H20N4O.ClH/c22-17(16-14-10-18-8-7-15(14)20-21-16)19-9-12-6-5-11-3-1-2-4-13(11)12;/h1-4,12,18H,5-10H2,(H,19,22)(H,20,21);1H. The van der Waals surface area contributed by atoms with Crippen LogP contribution in [0, 0.1) is 0 Å². The molecule has 23 heavy (non-hydrogen) atoms. The molecule has 6 heteroatoms. The number of fused-ring (bicyclic) bond motifs is 2. The number of aromatic nitrogens is 2. The molecule has 1 aliphatic carbocycles. The number of aromatic amines is 1. The molecule has 0 saturated heterocycles. The topological polar surface area (TPSA) is 69.8 Å². The molecule has 122 valence electrons. The normalized spacial score (nSPS) is 18.7. The minimum absolute atomic E-state index is 0. The minimum Gasteiger partial charge on any atom is -0.350 e. The van der Waals surface area contributed by atoms with Crippen LogP contribution in [0.3, 0.4) is 0 Å². The molecule has 4 rings (SSSR count). The number of hydrogen-bond acceptors (Lipinski definition) is 3. The number of nitrogens with one attached hydrogen (secondary N) is 3. The fourth-order valence-corrected chi connectivity index (χ4v) is 3.57. The van der Waals surface area contributed by atoms with Crippen molar-refractivity contribution >= 4 is 18.3 Å². The van der Waals surface area contributed by atoms with Gasteiger partial charge in [0.05, 0.1) is 0 Å². The van der Waals surface area contributed by atoms with Crippen LogP contribution in [0.1, 0.15) is 45.2 Å². The molecule has 1 atom stereocenters. The van der Waals surface area contributed by atoms with Crippen LogP contribution in [0.4, 0.5) is 0 Å². The van der Waals surface area contributed by atoms with Gasteiger partial charge in [0.15, 0.2) is 5.69 Å². The molecule has 1 aliphatic heterocycles. The first-order chi connectivity index (χ1) is 10.8.